The molecule has 1 unspecified atom stereocenters. The van der Waals surface area contributed by atoms with E-state index >= 15 is 0 Å². The van der Waals surface area contributed by atoms with Crippen molar-refractivity contribution < 1.29 is 14.0 Å². The highest BCUT2D eigenvalue weighted by Gasteiger charge is 2.58. The number of hydrogen-bond donors (Lipinski definition) is 1. The molecule has 3 fully saturated rings. The van der Waals surface area contributed by atoms with Crippen molar-refractivity contribution in [3.05, 3.63) is 29.6 Å². The lowest BCUT2D eigenvalue weighted by Gasteiger charge is -2.37. The fourth-order valence-electron chi connectivity index (χ4n) is 4.54. The first-order chi connectivity index (χ1) is 12.5. The van der Waals surface area contributed by atoms with Crippen molar-refractivity contribution in [3.63, 3.8) is 0 Å². The largest absolute Gasteiger partial charge is 0.366 e. The van der Waals surface area contributed by atoms with Crippen molar-refractivity contribution in [1.82, 2.24) is 10.2 Å². The smallest absolute Gasteiger partial charge is 0.226 e. The number of anilines is 1. The molecule has 4 rings (SSSR count). The summed E-state index contributed by atoms with van der Waals surface area (Å²) >= 11 is 0. The minimum atomic E-state index is -0.367. The third kappa shape index (κ3) is 3.11. The van der Waals surface area contributed by atoms with E-state index in [0.29, 0.717) is 43.3 Å². The van der Waals surface area contributed by atoms with Gasteiger partial charge in [0.15, 0.2) is 5.78 Å². The van der Waals surface area contributed by atoms with Crippen LogP contribution < -0.4 is 10.2 Å². The Morgan fingerprint density at radius 1 is 1.15 bits per heavy atom. The Labute approximate surface area is 153 Å². The van der Waals surface area contributed by atoms with Gasteiger partial charge in [-0.3, -0.25) is 9.59 Å². The molecule has 140 valence electrons. The van der Waals surface area contributed by atoms with Crippen molar-refractivity contribution in [1.29, 1.82) is 0 Å². The number of halogens is 1. The third-order valence-electron chi connectivity index (χ3n) is 6.37. The van der Waals surface area contributed by atoms with E-state index in [2.05, 4.69) is 5.32 Å². The zero-order chi connectivity index (χ0) is 18.3. The number of carbonyl (C=O) groups is 2. The number of Topliss-reactive ketones (excluding diaryl/α,β-unsaturated/α-hetero) is 1. The summed E-state index contributed by atoms with van der Waals surface area (Å²) < 4.78 is 14.3. The number of amides is 1. The summed E-state index contributed by atoms with van der Waals surface area (Å²) in [6.45, 7) is 6.01. The predicted octanol–water partition coefficient (Wildman–Crippen LogP) is 2.07. The molecule has 0 aromatic heterocycles. The fourth-order valence-corrected chi connectivity index (χ4v) is 4.54. The van der Waals surface area contributed by atoms with Crippen molar-refractivity contribution in [2.75, 3.05) is 44.2 Å². The molecule has 1 amide bonds. The molecule has 1 aromatic rings. The molecule has 6 heteroatoms. The molecule has 1 atom stereocenters. The molecular weight excluding hydrogens is 333 g/mol. The highest BCUT2D eigenvalue weighted by molar-refractivity contribution is 5.94. The molecule has 1 saturated carbocycles. The molecule has 2 heterocycles. The van der Waals surface area contributed by atoms with E-state index in [1.807, 2.05) is 9.80 Å². The van der Waals surface area contributed by atoms with Gasteiger partial charge in [0.05, 0.1) is 5.69 Å². The zero-order valence-electron chi connectivity index (χ0n) is 15.3. The average molecular weight is 359 g/mol. The van der Waals surface area contributed by atoms with Crippen LogP contribution in [0.5, 0.6) is 0 Å². The molecular formula is C20H26FN3O2. The van der Waals surface area contributed by atoms with Crippen LogP contribution in [-0.4, -0.2) is 55.9 Å². The summed E-state index contributed by atoms with van der Waals surface area (Å²) in [4.78, 5) is 28.1. The van der Waals surface area contributed by atoms with Crippen molar-refractivity contribution in [2.24, 2.45) is 11.3 Å². The maximum atomic E-state index is 14.3. The number of carbonyl (C=O) groups excluding carboxylic acids is 2. The SMILES string of the molecule is CC(=O)c1ccc(N2CCN(C(=O)C3CC34CCNCC4)CC2)c(F)c1. The second-order valence-corrected chi connectivity index (χ2v) is 7.90. The molecule has 2 aliphatic heterocycles. The van der Waals surface area contributed by atoms with Crippen LogP contribution in [0.15, 0.2) is 18.2 Å². The second-order valence-electron chi connectivity index (χ2n) is 7.90. The molecule has 5 nitrogen and oxygen atoms in total. The molecule has 1 N–H and O–H groups in total. The Morgan fingerprint density at radius 3 is 2.46 bits per heavy atom. The minimum absolute atomic E-state index is 0.137. The lowest BCUT2D eigenvalue weighted by atomic mass is 9.91. The lowest BCUT2D eigenvalue weighted by molar-refractivity contribution is -0.133. The Balaban J connectivity index is 1.36. The predicted molar refractivity (Wildman–Crippen MR) is 97.8 cm³/mol. The first-order valence-electron chi connectivity index (χ1n) is 9.55. The molecule has 3 aliphatic rings. The third-order valence-corrected chi connectivity index (χ3v) is 6.37. The summed E-state index contributed by atoms with van der Waals surface area (Å²) in [6, 6.07) is 4.65. The van der Waals surface area contributed by atoms with E-state index in [-0.39, 0.29) is 22.9 Å². The first-order valence-corrected chi connectivity index (χ1v) is 9.55. The average Bonchev–Trinajstić information content (AvgIpc) is 3.34. The molecule has 2 saturated heterocycles. The van der Waals surface area contributed by atoms with Gasteiger partial charge in [-0.15, -0.1) is 0 Å². The highest BCUT2D eigenvalue weighted by atomic mass is 19.1. The van der Waals surface area contributed by atoms with Crippen LogP contribution in [0.1, 0.15) is 36.5 Å². The summed E-state index contributed by atoms with van der Waals surface area (Å²) in [7, 11) is 0. The van der Waals surface area contributed by atoms with E-state index < -0.39 is 0 Å². The topological polar surface area (TPSA) is 52.7 Å². The van der Waals surface area contributed by atoms with Gasteiger partial charge >= 0.3 is 0 Å². The Morgan fingerprint density at radius 2 is 1.85 bits per heavy atom. The van der Waals surface area contributed by atoms with Gasteiger partial charge in [0.1, 0.15) is 5.82 Å². The van der Waals surface area contributed by atoms with Crippen molar-refractivity contribution in [3.8, 4) is 0 Å². The summed E-state index contributed by atoms with van der Waals surface area (Å²) in [6.07, 6.45) is 3.25. The molecule has 1 spiro atoms. The number of piperazine rings is 1. The van der Waals surface area contributed by atoms with E-state index in [0.717, 1.165) is 32.4 Å². The summed E-state index contributed by atoms with van der Waals surface area (Å²) in [5.41, 5.74) is 1.16. The Kier molecular flexibility index (Phi) is 4.47. The van der Waals surface area contributed by atoms with E-state index in [9.17, 15) is 14.0 Å². The van der Waals surface area contributed by atoms with Crippen LogP contribution in [0, 0.1) is 17.2 Å². The minimum Gasteiger partial charge on any atom is -0.366 e. The molecule has 0 bridgehead atoms. The van der Waals surface area contributed by atoms with Crippen molar-refractivity contribution in [2.45, 2.75) is 26.2 Å². The Bertz CT molecular complexity index is 722. The number of nitrogens with zero attached hydrogens (tertiary/aromatic N) is 2. The first kappa shape index (κ1) is 17.5. The van der Waals surface area contributed by atoms with Gasteiger partial charge in [-0.25, -0.2) is 4.39 Å². The number of benzene rings is 1. The summed E-state index contributed by atoms with van der Waals surface area (Å²) in [5, 5.41) is 3.37. The van der Waals surface area contributed by atoms with Crippen LogP contribution in [0.2, 0.25) is 0 Å². The normalized spacial score (nSPS) is 24.6. The van der Waals surface area contributed by atoms with Gasteiger partial charge in [0.25, 0.3) is 0 Å². The molecule has 1 aromatic carbocycles. The standard InChI is InChI=1S/C20H26FN3O2/c1-14(25)15-2-3-18(17(21)12-15)23-8-10-24(11-9-23)19(26)16-13-20(16)4-6-22-7-5-20/h2-3,12,16,22H,4-11,13H2,1H3. The number of piperidine rings is 1. The van der Waals surface area contributed by atoms with Crippen LogP contribution in [-0.2, 0) is 4.79 Å². The van der Waals surface area contributed by atoms with Crippen molar-refractivity contribution >= 4 is 17.4 Å². The molecule has 0 radical (unpaired) electrons. The highest BCUT2D eigenvalue weighted by Crippen LogP contribution is 2.59. The second kappa shape index (κ2) is 6.65. The van der Waals surface area contributed by atoms with Gasteiger partial charge < -0.3 is 15.1 Å². The number of hydrogen-bond acceptors (Lipinski definition) is 4. The fraction of sp³-hybridized carbons (Fsp3) is 0.600. The van der Waals surface area contributed by atoms with E-state index in [4.69, 9.17) is 0 Å². The van der Waals surface area contributed by atoms with Crippen LogP contribution >= 0.6 is 0 Å². The molecule has 1 aliphatic carbocycles. The van der Waals surface area contributed by atoms with Gasteiger partial charge in [-0.05, 0) is 62.9 Å². The van der Waals surface area contributed by atoms with Gasteiger partial charge in [0, 0.05) is 37.7 Å². The summed E-state index contributed by atoms with van der Waals surface area (Å²) in [5.74, 6) is -0.0165. The maximum Gasteiger partial charge on any atom is 0.226 e. The van der Waals surface area contributed by atoms with E-state index in [1.54, 1.807) is 12.1 Å². The maximum absolute atomic E-state index is 14.3. The Hall–Kier alpha value is -1.95. The van der Waals surface area contributed by atoms with E-state index in [1.165, 1.54) is 13.0 Å². The number of rotatable bonds is 3. The van der Waals surface area contributed by atoms with Crippen LogP contribution in [0.4, 0.5) is 10.1 Å². The van der Waals surface area contributed by atoms with Crippen LogP contribution in [0.25, 0.3) is 0 Å². The van der Waals surface area contributed by atoms with Gasteiger partial charge in [-0.1, -0.05) is 0 Å². The zero-order valence-corrected chi connectivity index (χ0v) is 15.3. The van der Waals surface area contributed by atoms with Gasteiger partial charge in [-0.2, -0.15) is 0 Å². The quantitative estimate of drug-likeness (QED) is 0.840. The lowest BCUT2D eigenvalue weighted by Crippen LogP contribution is -2.50. The monoisotopic (exact) mass is 359 g/mol. The number of nitrogens with one attached hydrogen (secondary N) is 1. The molecule has 26 heavy (non-hydrogen) atoms. The number of ketones is 1. The van der Waals surface area contributed by atoms with Gasteiger partial charge in [0.2, 0.25) is 5.91 Å². The van der Waals surface area contributed by atoms with Crippen LogP contribution in [0.3, 0.4) is 0 Å².